The lowest BCUT2D eigenvalue weighted by Gasteiger charge is -2.28. The van der Waals surface area contributed by atoms with E-state index in [1.165, 1.54) is 0 Å². The Morgan fingerprint density at radius 1 is 1.33 bits per heavy atom. The number of nitrogens with one attached hydrogen (secondary N) is 1. The molecule has 1 aliphatic rings. The molecule has 1 heterocycles. The zero-order valence-corrected chi connectivity index (χ0v) is 11.0. The predicted octanol–water partition coefficient (Wildman–Crippen LogP) is 0.785. The molecule has 1 fully saturated rings. The summed E-state index contributed by atoms with van der Waals surface area (Å²) in [6.45, 7) is 5.87. The van der Waals surface area contributed by atoms with Gasteiger partial charge in [-0.3, -0.25) is 9.69 Å². The summed E-state index contributed by atoms with van der Waals surface area (Å²) in [5, 5.41) is 3.18. The Balaban J connectivity index is 2.28. The van der Waals surface area contributed by atoms with Crippen LogP contribution in [0.4, 0.5) is 8.78 Å². The highest BCUT2D eigenvalue weighted by Gasteiger charge is 2.18. The van der Waals surface area contributed by atoms with Crippen LogP contribution in [0.15, 0.2) is 0 Å². The van der Waals surface area contributed by atoms with Crippen molar-refractivity contribution in [2.75, 3.05) is 45.8 Å². The first-order valence-corrected chi connectivity index (χ1v) is 6.62. The molecular formula is C12H23F2N3O. The number of rotatable bonds is 7. The number of carbonyl (C=O) groups is 1. The molecule has 0 bridgehead atoms. The molecule has 1 amide bonds. The Morgan fingerprint density at radius 2 is 2.00 bits per heavy atom. The van der Waals surface area contributed by atoms with Crippen LogP contribution in [0.1, 0.15) is 19.8 Å². The summed E-state index contributed by atoms with van der Waals surface area (Å²) < 4.78 is 24.7. The summed E-state index contributed by atoms with van der Waals surface area (Å²) in [6, 6.07) is 0. The molecule has 106 valence electrons. The van der Waals surface area contributed by atoms with Crippen molar-refractivity contribution >= 4 is 5.91 Å². The number of carbonyl (C=O) groups excluding carboxylic acids is 1. The third-order valence-electron chi connectivity index (χ3n) is 3.05. The Bertz CT molecular complexity index is 245. The first kappa shape index (κ1) is 15.3. The molecule has 0 aromatic heterocycles. The van der Waals surface area contributed by atoms with Gasteiger partial charge in [-0.25, -0.2) is 8.78 Å². The molecule has 0 atom stereocenters. The molecule has 0 aromatic carbocycles. The van der Waals surface area contributed by atoms with Crippen molar-refractivity contribution in [1.29, 1.82) is 0 Å². The lowest BCUT2D eigenvalue weighted by atomic mass is 10.2. The van der Waals surface area contributed by atoms with Gasteiger partial charge in [-0.2, -0.15) is 0 Å². The first-order valence-electron chi connectivity index (χ1n) is 6.62. The Morgan fingerprint density at radius 3 is 2.56 bits per heavy atom. The number of hydrogen-bond donors (Lipinski definition) is 1. The first-order chi connectivity index (χ1) is 8.63. The SMILES string of the molecule is CCCN(CCC(=O)N1CCNCC1)CC(F)F. The monoisotopic (exact) mass is 263 g/mol. The van der Waals surface area contributed by atoms with Crippen LogP contribution in [0.5, 0.6) is 0 Å². The molecule has 1 N–H and O–H groups in total. The van der Waals surface area contributed by atoms with Gasteiger partial charge in [0.05, 0.1) is 6.54 Å². The van der Waals surface area contributed by atoms with E-state index >= 15 is 0 Å². The molecule has 6 heteroatoms. The fourth-order valence-corrected chi connectivity index (χ4v) is 2.13. The summed E-state index contributed by atoms with van der Waals surface area (Å²) in [4.78, 5) is 15.4. The quantitative estimate of drug-likeness (QED) is 0.737. The summed E-state index contributed by atoms with van der Waals surface area (Å²) >= 11 is 0. The average molecular weight is 263 g/mol. The van der Waals surface area contributed by atoms with Gasteiger partial charge in [0.2, 0.25) is 5.91 Å². The van der Waals surface area contributed by atoms with Crippen molar-refractivity contribution in [2.24, 2.45) is 0 Å². The third-order valence-corrected chi connectivity index (χ3v) is 3.05. The lowest BCUT2D eigenvalue weighted by molar-refractivity contribution is -0.132. The molecule has 4 nitrogen and oxygen atoms in total. The van der Waals surface area contributed by atoms with E-state index in [2.05, 4.69) is 5.32 Å². The van der Waals surface area contributed by atoms with Crippen molar-refractivity contribution < 1.29 is 13.6 Å². The number of piperazine rings is 1. The van der Waals surface area contributed by atoms with Crippen LogP contribution in [-0.4, -0.2) is 67.9 Å². The van der Waals surface area contributed by atoms with Crippen LogP contribution < -0.4 is 5.32 Å². The predicted molar refractivity (Wildman–Crippen MR) is 66.8 cm³/mol. The summed E-state index contributed by atoms with van der Waals surface area (Å²) in [5.74, 6) is 0.0758. The minimum Gasteiger partial charge on any atom is -0.340 e. The van der Waals surface area contributed by atoms with Crippen molar-refractivity contribution in [2.45, 2.75) is 26.2 Å². The molecule has 0 radical (unpaired) electrons. The van der Waals surface area contributed by atoms with E-state index in [9.17, 15) is 13.6 Å². The fraction of sp³-hybridized carbons (Fsp3) is 0.917. The number of hydrogen-bond acceptors (Lipinski definition) is 3. The van der Waals surface area contributed by atoms with E-state index in [1.807, 2.05) is 11.8 Å². The Labute approximate surface area is 107 Å². The highest BCUT2D eigenvalue weighted by atomic mass is 19.3. The zero-order valence-electron chi connectivity index (χ0n) is 11.0. The van der Waals surface area contributed by atoms with E-state index in [0.29, 0.717) is 19.5 Å². The third kappa shape index (κ3) is 5.73. The molecule has 0 aliphatic carbocycles. The second kappa shape index (κ2) is 8.37. The highest BCUT2D eigenvalue weighted by Crippen LogP contribution is 2.03. The number of nitrogens with zero attached hydrogens (tertiary/aromatic N) is 2. The number of alkyl halides is 2. The van der Waals surface area contributed by atoms with Gasteiger partial charge in [0.15, 0.2) is 0 Å². The van der Waals surface area contributed by atoms with Crippen LogP contribution >= 0.6 is 0 Å². The van der Waals surface area contributed by atoms with Gasteiger partial charge in [0.1, 0.15) is 0 Å². The minimum absolute atomic E-state index is 0.0758. The maximum atomic E-state index is 12.3. The van der Waals surface area contributed by atoms with Crippen molar-refractivity contribution in [3.63, 3.8) is 0 Å². The van der Waals surface area contributed by atoms with Crippen molar-refractivity contribution in [1.82, 2.24) is 15.1 Å². The molecule has 0 aromatic rings. The smallest absolute Gasteiger partial charge is 0.251 e. The Hall–Kier alpha value is -0.750. The molecule has 1 aliphatic heterocycles. The largest absolute Gasteiger partial charge is 0.340 e. The van der Waals surface area contributed by atoms with E-state index < -0.39 is 6.43 Å². The van der Waals surface area contributed by atoms with Crippen LogP contribution in [0.2, 0.25) is 0 Å². The maximum Gasteiger partial charge on any atom is 0.251 e. The molecule has 0 saturated carbocycles. The molecule has 1 rings (SSSR count). The summed E-state index contributed by atoms with van der Waals surface area (Å²) in [7, 11) is 0. The van der Waals surface area contributed by atoms with Gasteiger partial charge >= 0.3 is 0 Å². The second-order valence-electron chi connectivity index (χ2n) is 4.57. The molecule has 1 saturated heterocycles. The van der Waals surface area contributed by atoms with Gasteiger partial charge in [0, 0.05) is 39.1 Å². The van der Waals surface area contributed by atoms with Gasteiger partial charge in [0.25, 0.3) is 6.43 Å². The minimum atomic E-state index is -2.33. The number of amides is 1. The average Bonchev–Trinajstić information content (AvgIpc) is 2.36. The lowest BCUT2D eigenvalue weighted by Crippen LogP contribution is -2.47. The van der Waals surface area contributed by atoms with Crippen LogP contribution in [-0.2, 0) is 4.79 Å². The number of halogens is 2. The van der Waals surface area contributed by atoms with Crippen LogP contribution in [0.25, 0.3) is 0 Å². The molecule has 18 heavy (non-hydrogen) atoms. The van der Waals surface area contributed by atoms with Crippen LogP contribution in [0.3, 0.4) is 0 Å². The van der Waals surface area contributed by atoms with Crippen molar-refractivity contribution in [3.8, 4) is 0 Å². The summed E-state index contributed by atoms with van der Waals surface area (Å²) in [6.07, 6.45) is -1.16. The standard InChI is InChI=1S/C12H23F2N3O/c1-2-6-16(10-11(13)14)7-3-12(18)17-8-4-15-5-9-17/h11,15H,2-10H2,1H3. The molecule has 0 unspecified atom stereocenters. The Kier molecular flexibility index (Phi) is 7.12. The van der Waals surface area contributed by atoms with E-state index in [1.54, 1.807) is 4.90 Å². The fourth-order valence-electron chi connectivity index (χ4n) is 2.13. The van der Waals surface area contributed by atoms with E-state index in [-0.39, 0.29) is 12.5 Å². The van der Waals surface area contributed by atoms with Gasteiger partial charge in [-0.15, -0.1) is 0 Å². The van der Waals surface area contributed by atoms with E-state index in [4.69, 9.17) is 0 Å². The van der Waals surface area contributed by atoms with Crippen LogP contribution in [0, 0.1) is 0 Å². The van der Waals surface area contributed by atoms with Gasteiger partial charge < -0.3 is 10.2 Å². The van der Waals surface area contributed by atoms with Gasteiger partial charge in [-0.05, 0) is 13.0 Å². The maximum absolute atomic E-state index is 12.3. The topological polar surface area (TPSA) is 35.6 Å². The normalized spacial score (nSPS) is 16.6. The molecule has 0 spiro atoms. The zero-order chi connectivity index (χ0) is 13.4. The van der Waals surface area contributed by atoms with Gasteiger partial charge in [-0.1, -0.05) is 6.92 Å². The summed E-state index contributed by atoms with van der Waals surface area (Å²) in [5.41, 5.74) is 0. The highest BCUT2D eigenvalue weighted by molar-refractivity contribution is 5.76. The second-order valence-corrected chi connectivity index (χ2v) is 4.57. The molecular weight excluding hydrogens is 240 g/mol. The van der Waals surface area contributed by atoms with Crippen molar-refractivity contribution in [3.05, 3.63) is 0 Å². The van der Waals surface area contributed by atoms with E-state index in [0.717, 1.165) is 32.6 Å².